The molecule has 8 nitrogen and oxygen atoms in total. The molecular formula is C24H31NO7. The molecule has 1 aromatic heterocycles. The van der Waals surface area contributed by atoms with E-state index in [2.05, 4.69) is 0 Å². The molecule has 3 fully saturated rings. The molecule has 2 saturated carbocycles. The minimum atomic E-state index is -0.740. The highest BCUT2D eigenvalue weighted by Gasteiger charge is 2.67. The van der Waals surface area contributed by atoms with Gasteiger partial charge in [-0.3, -0.25) is 19.2 Å². The summed E-state index contributed by atoms with van der Waals surface area (Å²) < 4.78 is 16.1. The molecule has 32 heavy (non-hydrogen) atoms. The lowest BCUT2D eigenvalue weighted by Crippen LogP contribution is -2.66. The highest BCUT2D eigenvalue weighted by Crippen LogP contribution is 2.65. The van der Waals surface area contributed by atoms with Crippen molar-refractivity contribution in [2.24, 2.45) is 28.6 Å². The van der Waals surface area contributed by atoms with Crippen LogP contribution in [0.25, 0.3) is 0 Å². The number of likely N-dealkylation sites (N-methyl/N-ethyl adjacent to an activating group) is 1. The summed E-state index contributed by atoms with van der Waals surface area (Å²) >= 11 is 0. The van der Waals surface area contributed by atoms with Crippen LogP contribution in [0.2, 0.25) is 0 Å². The van der Waals surface area contributed by atoms with Crippen molar-refractivity contribution >= 4 is 23.6 Å². The van der Waals surface area contributed by atoms with Crippen molar-refractivity contribution in [1.29, 1.82) is 0 Å². The molecule has 4 rings (SSSR count). The van der Waals surface area contributed by atoms with Gasteiger partial charge < -0.3 is 18.8 Å². The monoisotopic (exact) mass is 445 g/mol. The Morgan fingerprint density at radius 3 is 2.53 bits per heavy atom. The van der Waals surface area contributed by atoms with Crippen LogP contribution in [0.3, 0.4) is 0 Å². The fourth-order valence-corrected chi connectivity index (χ4v) is 6.74. The Morgan fingerprint density at radius 1 is 1.22 bits per heavy atom. The highest BCUT2D eigenvalue weighted by atomic mass is 16.5. The van der Waals surface area contributed by atoms with Crippen LogP contribution >= 0.6 is 0 Å². The average molecular weight is 446 g/mol. The number of hydrogen-bond donors (Lipinski definition) is 0. The number of hydrogen-bond acceptors (Lipinski definition) is 7. The molecule has 1 saturated heterocycles. The summed E-state index contributed by atoms with van der Waals surface area (Å²) in [5, 5.41) is 0. The van der Waals surface area contributed by atoms with Gasteiger partial charge in [0.15, 0.2) is 5.78 Å². The van der Waals surface area contributed by atoms with Gasteiger partial charge in [-0.05, 0) is 42.6 Å². The van der Waals surface area contributed by atoms with Crippen molar-refractivity contribution in [3.8, 4) is 0 Å². The fourth-order valence-electron chi connectivity index (χ4n) is 6.74. The maximum atomic E-state index is 14.0. The van der Waals surface area contributed by atoms with Crippen LogP contribution in [0.1, 0.15) is 58.1 Å². The van der Waals surface area contributed by atoms with Gasteiger partial charge in [0, 0.05) is 25.5 Å². The van der Waals surface area contributed by atoms with E-state index < -0.39 is 40.7 Å². The van der Waals surface area contributed by atoms with Crippen molar-refractivity contribution in [1.82, 2.24) is 4.90 Å². The molecule has 2 aliphatic carbocycles. The van der Waals surface area contributed by atoms with Gasteiger partial charge in [0.1, 0.15) is 6.10 Å². The minimum Gasteiger partial charge on any atom is -0.472 e. The minimum absolute atomic E-state index is 0.0850. The summed E-state index contributed by atoms with van der Waals surface area (Å²) in [5.41, 5.74) is -0.665. The lowest BCUT2D eigenvalue weighted by molar-refractivity contribution is -0.206. The molecule has 3 aliphatic rings. The summed E-state index contributed by atoms with van der Waals surface area (Å²) in [6.07, 6.45) is 4.29. The maximum Gasteiger partial charge on any atom is 0.310 e. The molecule has 7 atom stereocenters. The van der Waals surface area contributed by atoms with Crippen LogP contribution in [0, 0.1) is 28.6 Å². The third-order valence-corrected chi connectivity index (χ3v) is 8.49. The Bertz CT molecular complexity index is 940. The molecule has 0 bridgehead atoms. The van der Waals surface area contributed by atoms with Gasteiger partial charge in [-0.15, -0.1) is 0 Å². The Hall–Kier alpha value is -2.64. The van der Waals surface area contributed by atoms with E-state index in [9.17, 15) is 19.2 Å². The predicted octanol–water partition coefficient (Wildman–Crippen LogP) is 2.92. The van der Waals surface area contributed by atoms with Gasteiger partial charge in [0.05, 0.1) is 37.5 Å². The maximum absolute atomic E-state index is 14.0. The zero-order valence-corrected chi connectivity index (χ0v) is 19.3. The predicted molar refractivity (Wildman–Crippen MR) is 112 cm³/mol. The Kier molecular flexibility index (Phi) is 5.46. The molecule has 0 N–H and O–H groups in total. The lowest BCUT2D eigenvalue weighted by Gasteiger charge is -2.61. The zero-order chi connectivity index (χ0) is 23.4. The lowest BCUT2D eigenvalue weighted by atomic mass is 9.42. The van der Waals surface area contributed by atoms with Gasteiger partial charge in [0.2, 0.25) is 5.91 Å². The van der Waals surface area contributed by atoms with Crippen LogP contribution in [0.15, 0.2) is 23.0 Å². The second kappa shape index (κ2) is 7.74. The first-order chi connectivity index (χ1) is 15.0. The molecule has 0 radical (unpaired) electrons. The number of furan rings is 1. The van der Waals surface area contributed by atoms with Crippen LogP contribution in [0.5, 0.6) is 0 Å². The van der Waals surface area contributed by atoms with Gasteiger partial charge >= 0.3 is 11.9 Å². The third kappa shape index (κ3) is 3.18. The largest absolute Gasteiger partial charge is 0.472 e. The smallest absolute Gasteiger partial charge is 0.310 e. The van der Waals surface area contributed by atoms with Crippen LogP contribution < -0.4 is 0 Å². The van der Waals surface area contributed by atoms with Crippen molar-refractivity contribution in [3.63, 3.8) is 0 Å². The Labute approximate surface area is 187 Å². The number of amides is 1. The Balaban J connectivity index is 1.82. The van der Waals surface area contributed by atoms with E-state index in [1.165, 1.54) is 25.2 Å². The highest BCUT2D eigenvalue weighted by molar-refractivity contribution is 5.95. The van der Waals surface area contributed by atoms with Gasteiger partial charge in [-0.2, -0.15) is 0 Å². The molecule has 0 aromatic carbocycles. The van der Waals surface area contributed by atoms with E-state index >= 15 is 0 Å². The number of Topliss-reactive ketones (excluding diaryl/α,β-unsaturated/α-hetero) is 1. The van der Waals surface area contributed by atoms with Crippen molar-refractivity contribution in [2.75, 3.05) is 14.2 Å². The second-order valence-corrected chi connectivity index (χ2v) is 10.1. The molecular weight excluding hydrogens is 414 g/mol. The van der Waals surface area contributed by atoms with E-state index in [4.69, 9.17) is 13.9 Å². The average Bonchev–Trinajstić information content (AvgIpc) is 3.26. The molecule has 1 amide bonds. The zero-order valence-electron chi connectivity index (χ0n) is 19.3. The SMILES string of the molecule is COC(=O)[C@@H]1C[C@@H](N(C)C(C)=O)C(=O)[C@H]2[C@@]1(C)CC[C@H]1C(=O)O[C@H](c3ccoc3)C[C@]21C. The fraction of sp³-hybridized carbons (Fsp3) is 0.667. The van der Waals surface area contributed by atoms with Crippen molar-refractivity contribution in [3.05, 3.63) is 24.2 Å². The van der Waals surface area contributed by atoms with Gasteiger partial charge in [0.25, 0.3) is 0 Å². The van der Waals surface area contributed by atoms with E-state index in [0.29, 0.717) is 19.3 Å². The summed E-state index contributed by atoms with van der Waals surface area (Å²) in [6, 6.07) is 1.02. The number of esters is 2. The standard InChI is InChI=1S/C24H31NO7/c1-13(26)25(4)17-10-16(21(28)30-5)23(2)8-6-15-22(29)32-18(14-7-9-31-12-14)11-24(15,3)20(23)19(17)27/h7,9,12,15-18,20H,6,8,10-11H2,1-5H3/t15-,16-,17+,18-,20-,23-,24-/m0/s1. The number of carbonyl (C=O) groups is 4. The van der Waals surface area contributed by atoms with Crippen LogP contribution in [0.4, 0.5) is 0 Å². The molecule has 8 heteroatoms. The Morgan fingerprint density at radius 2 is 1.94 bits per heavy atom. The molecule has 0 unspecified atom stereocenters. The van der Waals surface area contributed by atoms with Crippen LogP contribution in [-0.4, -0.2) is 48.7 Å². The quantitative estimate of drug-likeness (QED) is 0.659. The number of ketones is 1. The van der Waals surface area contributed by atoms with Crippen LogP contribution in [-0.2, 0) is 28.7 Å². The molecule has 1 aliphatic heterocycles. The number of cyclic esters (lactones) is 1. The van der Waals surface area contributed by atoms with E-state index in [1.807, 2.05) is 13.8 Å². The first-order valence-electron chi connectivity index (χ1n) is 11.1. The molecule has 0 spiro atoms. The van der Waals surface area contributed by atoms with E-state index in [0.717, 1.165) is 5.56 Å². The topological polar surface area (TPSA) is 103 Å². The molecule has 1 aromatic rings. The number of methoxy groups -OCH3 is 1. The first kappa shape index (κ1) is 22.6. The number of carbonyl (C=O) groups excluding carboxylic acids is 4. The van der Waals surface area contributed by atoms with Gasteiger partial charge in [-0.1, -0.05) is 13.8 Å². The van der Waals surface area contributed by atoms with Crippen molar-refractivity contribution in [2.45, 2.75) is 58.6 Å². The van der Waals surface area contributed by atoms with Crippen molar-refractivity contribution < 1.29 is 33.1 Å². The number of nitrogens with zero attached hydrogens (tertiary/aromatic N) is 1. The number of rotatable bonds is 3. The second-order valence-electron chi connectivity index (χ2n) is 10.1. The number of fused-ring (bicyclic) bond motifs is 3. The van der Waals surface area contributed by atoms with E-state index in [1.54, 1.807) is 19.4 Å². The number of ether oxygens (including phenoxy) is 2. The summed E-state index contributed by atoms with van der Waals surface area (Å²) in [6.45, 7) is 5.34. The van der Waals surface area contributed by atoms with E-state index in [-0.39, 0.29) is 30.0 Å². The molecule has 174 valence electrons. The molecule has 2 heterocycles. The summed E-state index contributed by atoms with van der Waals surface area (Å²) in [5.74, 6) is -2.63. The first-order valence-corrected chi connectivity index (χ1v) is 11.1. The van der Waals surface area contributed by atoms with Gasteiger partial charge in [-0.25, -0.2) is 0 Å². The summed E-state index contributed by atoms with van der Waals surface area (Å²) in [7, 11) is 2.94. The third-order valence-electron chi connectivity index (χ3n) is 8.49. The summed E-state index contributed by atoms with van der Waals surface area (Å²) in [4.78, 5) is 53.6. The normalized spacial score (nSPS) is 38.8.